The van der Waals surface area contributed by atoms with Gasteiger partial charge in [0.1, 0.15) is 11.6 Å². The number of hydrogen-bond acceptors (Lipinski definition) is 7. The van der Waals surface area contributed by atoms with Crippen LogP contribution >= 0.6 is 0 Å². The van der Waals surface area contributed by atoms with Crippen LogP contribution in [0, 0.1) is 0 Å². The monoisotopic (exact) mass is 333 g/mol. The molecule has 1 amide bonds. The van der Waals surface area contributed by atoms with Crippen molar-refractivity contribution in [2.24, 2.45) is 0 Å². The zero-order chi connectivity index (χ0) is 18.0. The average molecular weight is 333 g/mol. The third kappa shape index (κ3) is 9.02. The van der Waals surface area contributed by atoms with Gasteiger partial charge in [-0.15, -0.1) is 0 Å². The molecule has 0 aliphatic heterocycles. The van der Waals surface area contributed by atoms with Gasteiger partial charge in [-0.25, -0.2) is 14.4 Å². The Morgan fingerprint density at radius 2 is 1.61 bits per heavy atom. The quantitative estimate of drug-likeness (QED) is 0.529. The molecule has 0 aliphatic carbocycles. The van der Waals surface area contributed by atoms with Gasteiger partial charge in [0.15, 0.2) is 6.10 Å². The van der Waals surface area contributed by atoms with Crippen LogP contribution in [0.25, 0.3) is 0 Å². The number of carbonyl (C=O) groups is 3. The minimum atomic E-state index is -1.09. The average Bonchev–Trinajstić information content (AvgIpc) is 2.46. The molecule has 0 rings (SSSR count). The third-order valence-corrected chi connectivity index (χ3v) is 2.61. The smallest absolute Gasteiger partial charge is 0.408 e. The first kappa shape index (κ1) is 21.2. The molecule has 0 bridgehead atoms. The van der Waals surface area contributed by atoms with Gasteiger partial charge >= 0.3 is 18.0 Å². The van der Waals surface area contributed by atoms with Crippen molar-refractivity contribution in [1.82, 2.24) is 5.32 Å². The molecular weight excluding hydrogens is 306 g/mol. The molecule has 2 unspecified atom stereocenters. The van der Waals surface area contributed by atoms with E-state index >= 15 is 0 Å². The molecule has 0 saturated heterocycles. The fourth-order valence-corrected chi connectivity index (χ4v) is 1.64. The van der Waals surface area contributed by atoms with E-state index < -0.39 is 35.8 Å². The van der Waals surface area contributed by atoms with Gasteiger partial charge in [0.05, 0.1) is 14.2 Å². The number of rotatable bonds is 8. The van der Waals surface area contributed by atoms with Crippen molar-refractivity contribution < 1.29 is 33.3 Å². The number of alkyl carbamates (subject to hydrolysis) is 1. The molecular formula is C15H27NO7. The van der Waals surface area contributed by atoms with Crippen molar-refractivity contribution in [3.8, 4) is 0 Å². The van der Waals surface area contributed by atoms with Gasteiger partial charge in [0.25, 0.3) is 0 Å². The van der Waals surface area contributed by atoms with Crippen molar-refractivity contribution in [2.45, 2.75) is 58.3 Å². The van der Waals surface area contributed by atoms with Crippen LogP contribution in [-0.4, -0.2) is 56.6 Å². The lowest BCUT2D eigenvalue weighted by Gasteiger charge is -2.24. The minimum Gasteiger partial charge on any atom is -0.467 e. The number of hydrogen-bond donors (Lipinski definition) is 1. The fourth-order valence-electron chi connectivity index (χ4n) is 1.64. The van der Waals surface area contributed by atoms with E-state index in [1.54, 1.807) is 20.8 Å². The van der Waals surface area contributed by atoms with Gasteiger partial charge in [-0.1, -0.05) is 6.92 Å². The fraction of sp³-hybridized carbons (Fsp3) is 0.800. The van der Waals surface area contributed by atoms with E-state index in [2.05, 4.69) is 14.8 Å². The Labute approximate surface area is 136 Å². The molecule has 0 saturated carbocycles. The Morgan fingerprint density at radius 1 is 1.04 bits per heavy atom. The summed E-state index contributed by atoms with van der Waals surface area (Å²) in [4.78, 5) is 35.4. The number of methoxy groups -OCH3 is 2. The van der Waals surface area contributed by atoms with E-state index in [1.165, 1.54) is 14.2 Å². The maximum Gasteiger partial charge on any atom is 0.408 e. The molecule has 1 N–H and O–H groups in total. The largest absolute Gasteiger partial charge is 0.467 e. The molecule has 23 heavy (non-hydrogen) atoms. The summed E-state index contributed by atoms with van der Waals surface area (Å²) in [5.41, 5.74) is -0.717. The molecule has 0 spiro atoms. The van der Waals surface area contributed by atoms with Gasteiger partial charge in [-0.3, -0.25) is 0 Å². The standard InChI is InChI=1S/C15H27NO7/c1-7-8-22-11(13(18)21-6)9-10(12(17)20-5)16-14(19)23-15(2,3)4/h10-11H,7-9H2,1-6H3,(H,16,19). The molecule has 0 aromatic heterocycles. The van der Waals surface area contributed by atoms with Crippen molar-refractivity contribution in [3.63, 3.8) is 0 Å². The first-order chi connectivity index (χ1) is 10.6. The van der Waals surface area contributed by atoms with E-state index in [1.807, 2.05) is 6.92 Å². The van der Waals surface area contributed by atoms with Crippen LogP contribution in [0.3, 0.4) is 0 Å². The summed E-state index contributed by atoms with van der Waals surface area (Å²) in [6.45, 7) is 7.29. The van der Waals surface area contributed by atoms with E-state index in [0.717, 1.165) is 0 Å². The van der Waals surface area contributed by atoms with Crippen LogP contribution in [0.5, 0.6) is 0 Å². The summed E-state index contributed by atoms with van der Waals surface area (Å²) in [7, 11) is 2.41. The van der Waals surface area contributed by atoms with Crippen molar-refractivity contribution >= 4 is 18.0 Å². The maximum atomic E-state index is 11.8. The molecule has 8 nitrogen and oxygen atoms in total. The number of nitrogens with one attached hydrogen (secondary N) is 1. The van der Waals surface area contributed by atoms with Crippen LogP contribution < -0.4 is 5.32 Å². The van der Waals surface area contributed by atoms with E-state index in [0.29, 0.717) is 13.0 Å². The third-order valence-electron chi connectivity index (χ3n) is 2.61. The van der Waals surface area contributed by atoms with Gasteiger partial charge in [-0.05, 0) is 27.2 Å². The van der Waals surface area contributed by atoms with Crippen molar-refractivity contribution in [2.75, 3.05) is 20.8 Å². The first-order valence-corrected chi connectivity index (χ1v) is 7.41. The van der Waals surface area contributed by atoms with E-state index in [-0.39, 0.29) is 6.42 Å². The van der Waals surface area contributed by atoms with E-state index in [9.17, 15) is 14.4 Å². The number of carbonyl (C=O) groups excluding carboxylic acids is 3. The molecule has 134 valence electrons. The van der Waals surface area contributed by atoms with Gasteiger partial charge < -0.3 is 24.3 Å². The van der Waals surface area contributed by atoms with Crippen LogP contribution in [0.1, 0.15) is 40.5 Å². The lowest BCUT2D eigenvalue weighted by Crippen LogP contribution is -2.47. The predicted octanol–water partition coefficient (Wildman–Crippen LogP) is 1.41. The molecule has 0 aromatic rings. The summed E-state index contributed by atoms with van der Waals surface area (Å²) < 4.78 is 19.8. The summed E-state index contributed by atoms with van der Waals surface area (Å²) in [6, 6.07) is -1.09. The first-order valence-electron chi connectivity index (χ1n) is 7.41. The number of esters is 2. The zero-order valence-corrected chi connectivity index (χ0v) is 14.6. The summed E-state index contributed by atoms with van der Waals surface area (Å²) in [5.74, 6) is -1.33. The second kappa shape index (κ2) is 10.0. The SMILES string of the molecule is CCCOC(CC(NC(=O)OC(C)(C)C)C(=O)OC)C(=O)OC. The number of ether oxygens (including phenoxy) is 4. The van der Waals surface area contributed by atoms with Crippen LogP contribution in [-0.2, 0) is 28.5 Å². The highest BCUT2D eigenvalue weighted by atomic mass is 16.6. The molecule has 0 radical (unpaired) electrons. The van der Waals surface area contributed by atoms with Crippen LogP contribution in [0.4, 0.5) is 4.79 Å². The van der Waals surface area contributed by atoms with Crippen LogP contribution in [0.2, 0.25) is 0 Å². The maximum absolute atomic E-state index is 11.8. The van der Waals surface area contributed by atoms with Crippen molar-refractivity contribution in [1.29, 1.82) is 0 Å². The Balaban J connectivity index is 4.96. The lowest BCUT2D eigenvalue weighted by atomic mass is 10.1. The number of amides is 1. The van der Waals surface area contributed by atoms with E-state index in [4.69, 9.17) is 9.47 Å². The molecule has 0 aliphatic rings. The second-order valence-electron chi connectivity index (χ2n) is 5.84. The zero-order valence-electron chi connectivity index (χ0n) is 14.6. The highest BCUT2D eigenvalue weighted by Gasteiger charge is 2.31. The highest BCUT2D eigenvalue weighted by molar-refractivity contribution is 5.83. The minimum absolute atomic E-state index is 0.113. The van der Waals surface area contributed by atoms with Gasteiger partial charge in [0, 0.05) is 13.0 Å². The summed E-state index contributed by atoms with van der Waals surface area (Å²) in [6.07, 6.45) is -1.19. The second-order valence-corrected chi connectivity index (χ2v) is 5.84. The Hall–Kier alpha value is -1.83. The molecule has 8 heteroatoms. The highest BCUT2D eigenvalue weighted by Crippen LogP contribution is 2.11. The molecule has 2 atom stereocenters. The predicted molar refractivity (Wildman–Crippen MR) is 81.8 cm³/mol. The Bertz CT molecular complexity index is 403. The normalized spacial score (nSPS) is 13.7. The lowest BCUT2D eigenvalue weighted by molar-refractivity contribution is -0.156. The summed E-state index contributed by atoms with van der Waals surface area (Å²) >= 11 is 0. The Kier molecular flexibility index (Phi) is 9.24. The molecule has 0 fully saturated rings. The topological polar surface area (TPSA) is 100 Å². The molecule has 0 aromatic carbocycles. The van der Waals surface area contributed by atoms with Gasteiger partial charge in [0.2, 0.25) is 0 Å². The summed E-state index contributed by atoms with van der Waals surface area (Å²) in [5, 5.41) is 2.39. The Morgan fingerprint density at radius 3 is 2.04 bits per heavy atom. The van der Waals surface area contributed by atoms with Crippen LogP contribution in [0.15, 0.2) is 0 Å². The van der Waals surface area contributed by atoms with Crippen molar-refractivity contribution in [3.05, 3.63) is 0 Å². The van der Waals surface area contributed by atoms with Gasteiger partial charge in [-0.2, -0.15) is 0 Å². The molecule has 0 heterocycles.